The molecule has 0 saturated heterocycles. The van der Waals surface area contributed by atoms with Crippen molar-refractivity contribution in [2.75, 3.05) is 4.90 Å². The van der Waals surface area contributed by atoms with Gasteiger partial charge in [0.2, 0.25) is 0 Å². The Hall–Kier alpha value is -7.08. The monoisotopic (exact) mass is 705 g/mol. The van der Waals surface area contributed by atoms with Crippen molar-refractivity contribution in [3.8, 4) is 34.1 Å². The SMILES string of the molecule is CC#CC.c1ccc(-c2cccc3c2oc2c(N(c4ccccc4)c4cccc5c4-c4ccccc4C5(c4ccccc4)c4ccccc4)cccc23)cc1. The molecule has 262 valence electrons. The lowest BCUT2D eigenvalue weighted by atomic mass is 9.68. The standard InChI is InChI=1S/C49H33NO.C4H6/c1-5-18-34(19-6-1)38-27-15-28-39-40-29-16-33-45(48(40)51-47(38)39)50(37-24-11-4-12-25-37)44-32-17-31-43-46(44)41-26-13-14-30-42(41)49(43,35-20-7-2-8-21-35)36-22-9-3-10-23-36;1-3-4-2/h1-33H;1-2H3. The van der Waals surface area contributed by atoms with Gasteiger partial charge in [0.05, 0.1) is 16.8 Å². The lowest BCUT2D eigenvalue weighted by Crippen LogP contribution is -2.28. The zero-order valence-corrected chi connectivity index (χ0v) is 30.9. The third-order valence-corrected chi connectivity index (χ3v) is 10.8. The molecular formula is C53H39NO. The number of furan rings is 1. The molecule has 0 spiro atoms. The summed E-state index contributed by atoms with van der Waals surface area (Å²) >= 11 is 0. The van der Waals surface area contributed by atoms with Crippen LogP contribution in [-0.2, 0) is 5.41 Å². The highest BCUT2D eigenvalue weighted by Crippen LogP contribution is 2.59. The third-order valence-electron chi connectivity index (χ3n) is 10.8. The van der Waals surface area contributed by atoms with Crippen molar-refractivity contribution >= 4 is 39.0 Å². The van der Waals surface area contributed by atoms with Crippen LogP contribution in [0.1, 0.15) is 36.1 Å². The minimum atomic E-state index is -0.497. The number of para-hydroxylation sites is 3. The molecule has 0 aliphatic heterocycles. The van der Waals surface area contributed by atoms with Gasteiger partial charge < -0.3 is 9.32 Å². The van der Waals surface area contributed by atoms with Gasteiger partial charge in [-0.15, -0.1) is 11.8 Å². The van der Waals surface area contributed by atoms with E-state index in [1.54, 1.807) is 0 Å². The molecule has 0 saturated carbocycles. The minimum Gasteiger partial charge on any atom is -0.453 e. The Morgan fingerprint density at radius 3 is 1.56 bits per heavy atom. The van der Waals surface area contributed by atoms with Gasteiger partial charge in [0.25, 0.3) is 0 Å². The maximum Gasteiger partial charge on any atom is 0.159 e. The van der Waals surface area contributed by atoms with E-state index in [0.717, 1.165) is 50.1 Å². The molecule has 1 aliphatic rings. The molecule has 2 heteroatoms. The second-order valence-corrected chi connectivity index (χ2v) is 13.7. The van der Waals surface area contributed by atoms with Crippen LogP contribution in [0, 0.1) is 11.8 Å². The largest absolute Gasteiger partial charge is 0.453 e. The van der Waals surface area contributed by atoms with Gasteiger partial charge in [-0.1, -0.05) is 176 Å². The van der Waals surface area contributed by atoms with Crippen LogP contribution in [0.3, 0.4) is 0 Å². The smallest absolute Gasteiger partial charge is 0.159 e. The van der Waals surface area contributed by atoms with Crippen LogP contribution in [0.15, 0.2) is 205 Å². The van der Waals surface area contributed by atoms with Crippen LogP contribution in [0.25, 0.3) is 44.2 Å². The number of anilines is 3. The van der Waals surface area contributed by atoms with Gasteiger partial charge >= 0.3 is 0 Å². The van der Waals surface area contributed by atoms with Gasteiger partial charge in [0.1, 0.15) is 5.58 Å². The van der Waals surface area contributed by atoms with E-state index in [2.05, 4.69) is 217 Å². The molecule has 2 nitrogen and oxygen atoms in total. The number of hydrogen-bond acceptors (Lipinski definition) is 2. The predicted molar refractivity (Wildman–Crippen MR) is 230 cm³/mol. The first-order valence-corrected chi connectivity index (χ1v) is 18.8. The quantitative estimate of drug-likeness (QED) is 0.160. The zero-order chi connectivity index (χ0) is 37.2. The van der Waals surface area contributed by atoms with Crippen LogP contribution in [0.2, 0.25) is 0 Å². The van der Waals surface area contributed by atoms with Crippen LogP contribution in [-0.4, -0.2) is 0 Å². The van der Waals surface area contributed by atoms with Crippen molar-refractivity contribution in [3.05, 3.63) is 222 Å². The lowest BCUT2D eigenvalue weighted by molar-refractivity contribution is 0.670. The molecule has 0 N–H and O–H groups in total. The Balaban J connectivity index is 0.000000949. The second-order valence-electron chi connectivity index (χ2n) is 13.7. The molecule has 0 bridgehead atoms. The molecule has 0 unspecified atom stereocenters. The van der Waals surface area contributed by atoms with Gasteiger partial charge in [0, 0.05) is 27.6 Å². The molecule has 0 atom stereocenters. The number of benzene rings is 8. The molecule has 1 aliphatic carbocycles. The van der Waals surface area contributed by atoms with E-state index in [9.17, 15) is 0 Å². The fourth-order valence-electron chi connectivity index (χ4n) is 8.47. The average Bonchev–Trinajstić information content (AvgIpc) is 3.80. The highest BCUT2D eigenvalue weighted by molar-refractivity contribution is 6.14. The summed E-state index contributed by atoms with van der Waals surface area (Å²) in [4.78, 5) is 2.40. The third kappa shape index (κ3) is 5.52. The number of fused-ring (bicyclic) bond motifs is 6. The molecular weight excluding hydrogens is 667 g/mol. The van der Waals surface area contributed by atoms with E-state index in [-0.39, 0.29) is 0 Å². The van der Waals surface area contributed by atoms with Crippen LogP contribution in [0.5, 0.6) is 0 Å². The molecule has 10 rings (SSSR count). The van der Waals surface area contributed by atoms with Crippen molar-refractivity contribution in [1.82, 2.24) is 0 Å². The topological polar surface area (TPSA) is 16.4 Å². The van der Waals surface area contributed by atoms with Crippen molar-refractivity contribution in [1.29, 1.82) is 0 Å². The van der Waals surface area contributed by atoms with Gasteiger partial charge in [-0.05, 0) is 71.5 Å². The van der Waals surface area contributed by atoms with E-state index >= 15 is 0 Å². The summed E-state index contributed by atoms with van der Waals surface area (Å²) in [5, 5.41) is 2.20. The maximum atomic E-state index is 7.02. The van der Waals surface area contributed by atoms with E-state index in [0.29, 0.717) is 0 Å². The van der Waals surface area contributed by atoms with Crippen LogP contribution in [0.4, 0.5) is 17.1 Å². The van der Waals surface area contributed by atoms with Crippen molar-refractivity contribution in [2.24, 2.45) is 0 Å². The van der Waals surface area contributed by atoms with Crippen molar-refractivity contribution in [3.63, 3.8) is 0 Å². The molecule has 9 aromatic rings. The molecule has 0 radical (unpaired) electrons. The molecule has 55 heavy (non-hydrogen) atoms. The molecule has 8 aromatic carbocycles. The predicted octanol–water partition coefficient (Wildman–Crippen LogP) is 14.1. The zero-order valence-electron chi connectivity index (χ0n) is 30.9. The average molecular weight is 706 g/mol. The summed E-state index contributed by atoms with van der Waals surface area (Å²) < 4.78 is 7.02. The van der Waals surface area contributed by atoms with Gasteiger partial charge in [-0.3, -0.25) is 0 Å². The summed E-state index contributed by atoms with van der Waals surface area (Å²) in [6.45, 7) is 3.64. The first-order chi connectivity index (χ1) is 27.3. The first kappa shape index (κ1) is 33.7. The van der Waals surface area contributed by atoms with Crippen molar-refractivity contribution in [2.45, 2.75) is 19.3 Å². The van der Waals surface area contributed by atoms with Crippen molar-refractivity contribution < 1.29 is 4.42 Å². The molecule has 0 amide bonds. The highest BCUT2D eigenvalue weighted by Gasteiger charge is 2.47. The van der Waals surface area contributed by atoms with Gasteiger partial charge in [0.15, 0.2) is 5.58 Å². The van der Waals surface area contributed by atoms with Gasteiger partial charge in [-0.2, -0.15) is 0 Å². The van der Waals surface area contributed by atoms with E-state index in [1.165, 1.54) is 33.4 Å². The Labute approximate surface area is 323 Å². The van der Waals surface area contributed by atoms with E-state index < -0.39 is 5.41 Å². The summed E-state index contributed by atoms with van der Waals surface area (Å²) in [6.07, 6.45) is 0. The number of nitrogens with zero attached hydrogens (tertiary/aromatic N) is 1. The Morgan fingerprint density at radius 2 is 0.909 bits per heavy atom. The normalized spacial score (nSPS) is 12.2. The van der Waals surface area contributed by atoms with Crippen LogP contribution >= 0.6 is 0 Å². The molecule has 1 heterocycles. The fraction of sp³-hybridized carbons (Fsp3) is 0.0566. The minimum absolute atomic E-state index is 0.497. The summed E-state index contributed by atoms with van der Waals surface area (Å²) in [7, 11) is 0. The molecule has 0 fully saturated rings. The fourth-order valence-corrected chi connectivity index (χ4v) is 8.47. The number of rotatable bonds is 6. The molecule has 1 aromatic heterocycles. The highest BCUT2D eigenvalue weighted by atomic mass is 16.3. The maximum absolute atomic E-state index is 7.02. The van der Waals surface area contributed by atoms with Gasteiger partial charge in [-0.25, -0.2) is 0 Å². The summed E-state index contributed by atoms with van der Waals surface area (Å²) in [5.74, 6) is 5.36. The summed E-state index contributed by atoms with van der Waals surface area (Å²) in [5.41, 5.74) is 14.2. The van der Waals surface area contributed by atoms with Crippen LogP contribution < -0.4 is 4.90 Å². The second kappa shape index (κ2) is 14.4. The Kier molecular flexibility index (Phi) is 8.83. The summed E-state index contributed by atoms with van der Waals surface area (Å²) in [6, 6.07) is 72.0. The van der Waals surface area contributed by atoms with E-state index in [4.69, 9.17) is 4.42 Å². The first-order valence-electron chi connectivity index (χ1n) is 18.8. The number of hydrogen-bond donors (Lipinski definition) is 0. The Morgan fingerprint density at radius 1 is 0.418 bits per heavy atom. The van der Waals surface area contributed by atoms with E-state index in [1.807, 2.05) is 13.8 Å². The Bertz CT molecular complexity index is 2780. The lowest BCUT2D eigenvalue weighted by Gasteiger charge is -2.34.